The van der Waals surface area contributed by atoms with Crippen molar-refractivity contribution in [1.82, 2.24) is 19.6 Å². The molecule has 4 aromatic heterocycles. The van der Waals surface area contributed by atoms with Crippen molar-refractivity contribution < 1.29 is 4.39 Å². The summed E-state index contributed by atoms with van der Waals surface area (Å²) in [6, 6.07) is 6.30. The highest BCUT2D eigenvalue weighted by Gasteiger charge is 2.18. The molecule has 0 aliphatic heterocycles. The van der Waals surface area contributed by atoms with E-state index in [9.17, 15) is 9.18 Å². The lowest BCUT2D eigenvalue weighted by atomic mass is 10.2. The Kier molecular flexibility index (Phi) is 3.87. The van der Waals surface area contributed by atoms with Crippen molar-refractivity contribution in [3.05, 3.63) is 61.8 Å². The molecule has 0 saturated carbocycles. The number of halogens is 3. The third-order valence-electron chi connectivity index (χ3n) is 3.73. The fourth-order valence-corrected chi connectivity index (χ4v) is 3.89. The number of rotatable bonds is 2. The van der Waals surface area contributed by atoms with Crippen molar-refractivity contribution in [3.8, 4) is 21.7 Å². The van der Waals surface area contributed by atoms with Gasteiger partial charge in [-0.15, -0.1) is 11.3 Å². The normalized spacial score (nSPS) is 11.4. The zero-order valence-electron chi connectivity index (χ0n) is 12.7. The van der Waals surface area contributed by atoms with Gasteiger partial charge in [0.2, 0.25) is 0 Å². The second kappa shape index (κ2) is 5.94. The summed E-state index contributed by atoms with van der Waals surface area (Å²) in [7, 11) is 0. The van der Waals surface area contributed by atoms with Crippen molar-refractivity contribution in [2.24, 2.45) is 0 Å². The number of pyridine rings is 1. The Bertz CT molecular complexity index is 1170. The molecular formula is C16H9Cl2FN4OS. The molecule has 4 rings (SSSR count). The van der Waals surface area contributed by atoms with Crippen LogP contribution in [0.25, 0.3) is 27.3 Å². The van der Waals surface area contributed by atoms with Gasteiger partial charge >= 0.3 is 0 Å². The van der Waals surface area contributed by atoms with Crippen LogP contribution in [0.1, 0.15) is 5.69 Å². The number of hydrogen-bond acceptors (Lipinski definition) is 4. The monoisotopic (exact) mass is 394 g/mol. The van der Waals surface area contributed by atoms with E-state index in [-0.39, 0.29) is 21.4 Å². The molecular weight excluding hydrogens is 386 g/mol. The lowest BCUT2D eigenvalue weighted by Gasteiger charge is -2.06. The number of H-pyrrole nitrogens is 1. The van der Waals surface area contributed by atoms with Crippen molar-refractivity contribution in [2.75, 3.05) is 0 Å². The average molecular weight is 395 g/mol. The van der Waals surface area contributed by atoms with E-state index in [2.05, 4.69) is 15.1 Å². The van der Waals surface area contributed by atoms with Crippen LogP contribution in [0.3, 0.4) is 0 Å². The van der Waals surface area contributed by atoms with Crippen LogP contribution >= 0.6 is 34.5 Å². The van der Waals surface area contributed by atoms with Gasteiger partial charge in [-0.25, -0.2) is 9.37 Å². The second-order valence-electron chi connectivity index (χ2n) is 5.32. The van der Waals surface area contributed by atoms with E-state index in [0.717, 1.165) is 16.5 Å². The van der Waals surface area contributed by atoms with E-state index in [1.54, 1.807) is 0 Å². The Morgan fingerprint density at radius 1 is 1.28 bits per heavy atom. The Labute approximate surface area is 154 Å². The van der Waals surface area contributed by atoms with Gasteiger partial charge in [-0.05, 0) is 24.4 Å². The van der Waals surface area contributed by atoms with E-state index < -0.39 is 5.82 Å². The highest BCUT2D eigenvalue weighted by atomic mass is 35.5. The molecule has 0 aliphatic rings. The molecule has 0 aromatic carbocycles. The van der Waals surface area contributed by atoms with Crippen LogP contribution in [0.15, 0.2) is 34.4 Å². The Morgan fingerprint density at radius 2 is 2.08 bits per heavy atom. The lowest BCUT2D eigenvalue weighted by molar-refractivity contribution is 0.622. The minimum absolute atomic E-state index is 0.000288. The van der Waals surface area contributed by atoms with Crippen molar-refractivity contribution in [3.63, 3.8) is 0 Å². The van der Waals surface area contributed by atoms with Crippen LogP contribution in [0.4, 0.5) is 4.39 Å². The molecule has 126 valence electrons. The number of aromatic amines is 1. The van der Waals surface area contributed by atoms with Crippen molar-refractivity contribution in [2.45, 2.75) is 6.92 Å². The predicted octanol–water partition coefficient (Wildman–Crippen LogP) is 4.57. The molecule has 0 bridgehead atoms. The molecule has 4 heterocycles. The van der Waals surface area contributed by atoms with Gasteiger partial charge in [-0.2, -0.15) is 9.61 Å². The summed E-state index contributed by atoms with van der Waals surface area (Å²) in [6.07, 6.45) is 0. The molecule has 0 spiro atoms. The first kappa shape index (κ1) is 16.3. The molecule has 5 nitrogen and oxygen atoms in total. The van der Waals surface area contributed by atoms with Crippen LogP contribution in [-0.4, -0.2) is 19.6 Å². The number of aryl methyl sites for hydroxylation is 1. The maximum atomic E-state index is 13.8. The van der Waals surface area contributed by atoms with Crippen molar-refractivity contribution in [1.29, 1.82) is 0 Å². The SMILES string of the molecule is Cc1nn2c(=O)cc(-c3cc(F)c(Cl)nc3Cl)[nH]c2c1-c1cccs1. The molecule has 4 aromatic rings. The van der Waals surface area contributed by atoms with Crippen molar-refractivity contribution >= 4 is 40.2 Å². The predicted molar refractivity (Wildman–Crippen MR) is 97.1 cm³/mol. The molecule has 0 fully saturated rings. The molecule has 0 radical (unpaired) electrons. The fourth-order valence-electron chi connectivity index (χ4n) is 2.65. The Hall–Kier alpha value is -2.22. The minimum atomic E-state index is -0.718. The number of hydrogen-bond donors (Lipinski definition) is 1. The van der Waals surface area contributed by atoms with Crippen LogP contribution < -0.4 is 5.56 Å². The zero-order chi connectivity index (χ0) is 17.7. The summed E-state index contributed by atoms with van der Waals surface area (Å²) < 4.78 is 15.1. The summed E-state index contributed by atoms with van der Waals surface area (Å²) in [4.78, 5) is 20.3. The average Bonchev–Trinajstić information content (AvgIpc) is 3.18. The molecule has 0 saturated heterocycles. The fraction of sp³-hybridized carbons (Fsp3) is 0.0625. The third-order valence-corrected chi connectivity index (χ3v) is 5.18. The van der Waals surface area contributed by atoms with E-state index in [1.165, 1.54) is 21.9 Å². The van der Waals surface area contributed by atoms with Gasteiger partial charge < -0.3 is 4.98 Å². The first-order chi connectivity index (χ1) is 12.0. The topological polar surface area (TPSA) is 63.1 Å². The van der Waals surface area contributed by atoms with Crippen LogP contribution in [0, 0.1) is 12.7 Å². The van der Waals surface area contributed by atoms with Gasteiger partial charge in [0.1, 0.15) is 10.8 Å². The summed E-state index contributed by atoms with van der Waals surface area (Å²) >= 11 is 13.3. The number of nitrogens with zero attached hydrogens (tertiary/aromatic N) is 3. The maximum Gasteiger partial charge on any atom is 0.274 e. The first-order valence-electron chi connectivity index (χ1n) is 7.14. The minimum Gasteiger partial charge on any atom is -0.339 e. The van der Waals surface area contributed by atoms with Gasteiger partial charge in [0.15, 0.2) is 11.0 Å². The summed E-state index contributed by atoms with van der Waals surface area (Å²) in [5.41, 5.74) is 2.25. The summed E-state index contributed by atoms with van der Waals surface area (Å²) in [5, 5.41) is 5.91. The maximum absolute atomic E-state index is 13.8. The third kappa shape index (κ3) is 2.64. The van der Waals surface area contributed by atoms with E-state index >= 15 is 0 Å². The van der Waals surface area contributed by atoms with E-state index in [1.807, 2.05) is 24.4 Å². The summed E-state index contributed by atoms with van der Waals surface area (Å²) in [6.45, 7) is 1.82. The van der Waals surface area contributed by atoms with Gasteiger partial charge in [-0.3, -0.25) is 4.79 Å². The second-order valence-corrected chi connectivity index (χ2v) is 6.98. The highest BCUT2D eigenvalue weighted by molar-refractivity contribution is 7.13. The van der Waals surface area contributed by atoms with Crippen LogP contribution in [-0.2, 0) is 0 Å². The van der Waals surface area contributed by atoms with Gasteiger partial charge in [0.25, 0.3) is 5.56 Å². The zero-order valence-corrected chi connectivity index (χ0v) is 15.0. The number of fused-ring (bicyclic) bond motifs is 1. The molecule has 0 unspecified atom stereocenters. The molecule has 0 aliphatic carbocycles. The lowest BCUT2D eigenvalue weighted by Crippen LogP contribution is -2.14. The molecule has 25 heavy (non-hydrogen) atoms. The first-order valence-corrected chi connectivity index (χ1v) is 8.77. The molecule has 0 amide bonds. The Balaban J connectivity index is 2.04. The standard InChI is InChI=1S/C16H9Cl2FN4OS/c1-7-13(11-3-2-4-25-11)16-20-10(6-12(24)23(16)22-7)8-5-9(19)15(18)21-14(8)17/h2-6,20H,1H3. The van der Waals surface area contributed by atoms with Crippen LogP contribution in [0.2, 0.25) is 10.3 Å². The quantitative estimate of drug-likeness (QED) is 0.506. The van der Waals surface area contributed by atoms with E-state index in [0.29, 0.717) is 17.0 Å². The van der Waals surface area contributed by atoms with Gasteiger partial charge in [0.05, 0.1) is 17.0 Å². The number of nitrogens with one attached hydrogen (secondary N) is 1. The van der Waals surface area contributed by atoms with E-state index in [4.69, 9.17) is 23.2 Å². The number of thiophene rings is 1. The molecule has 9 heteroatoms. The van der Waals surface area contributed by atoms with Crippen LogP contribution in [0.5, 0.6) is 0 Å². The highest BCUT2D eigenvalue weighted by Crippen LogP contribution is 2.32. The van der Waals surface area contributed by atoms with Gasteiger partial charge in [-0.1, -0.05) is 29.3 Å². The molecule has 1 N–H and O–H groups in total. The van der Waals surface area contributed by atoms with Gasteiger partial charge in [0, 0.05) is 16.5 Å². The summed E-state index contributed by atoms with van der Waals surface area (Å²) in [5.74, 6) is -0.718. The Morgan fingerprint density at radius 3 is 2.80 bits per heavy atom. The largest absolute Gasteiger partial charge is 0.339 e. The molecule has 0 atom stereocenters. The number of aromatic nitrogens is 4. The smallest absolute Gasteiger partial charge is 0.274 e.